The van der Waals surface area contributed by atoms with Crippen molar-refractivity contribution >= 4 is 40.0 Å². The standard InChI is InChI=1S/C29H23ClN2O3/c1-19-25(30)11-6-12-26(19)32-29(33)23(17-31)15-20-13-14-27(28(16-20)34-2)35-18-22-9-5-8-21-7-3-4-10-24(21)22/h3-16H,18H2,1-2H3,(H,32,33)/b23-15+. The molecule has 0 aliphatic heterocycles. The van der Waals surface area contributed by atoms with Gasteiger partial charge in [-0.05, 0) is 64.7 Å². The maximum atomic E-state index is 12.7. The lowest BCUT2D eigenvalue weighted by atomic mass is 10.1. The van der Waals surface area contributed by atoms with Crippen LogP contribution < -0.4 is 14.8 Å². The van der Waals surface area contributed by atoms with Crippen molar-refractivity contribution in [2.24, 2.45) is 0 Å². The number of carbonyl (C=O) groups is 1. The SMILES string of the molecule is COc1cc(/C=C(\C#N)C(=O)Nc2cccc(Cl)c2C)ccc1OCc1cccc2ccccc12. The fourth-order valence-corrected chi connectivity index (χ4v) is 3.89. The zero-order valence-corrected chi connectivity index (χ0v) is 20.1. The number of hydrogen-bond donors (Lipinski definition) is 1. The summed E-state index contributed by atoms with van der Waals surface area (Å²) in [6, 6.07) is 26.7. The van der Waals surface area contributed by atoms with E-state index < -0.39 is 5.91 Å². The highest BCUT2D eigenvalue weighted by molar-refractivity contribution is 6.31. The lowest BCUT2D eigenvalue weighted by Gasteiger charge is -2.13. The molecule has 1 amide bonds. The molecule has 174 valence electrons. The van der Waals surface area contributed by atoms with Crippen LogP contribution in [0.5, 0.6) is 11.5 Å². The van der Waals surface area contributed by atoms with Gasteiger partial charge < -0.3 is 14.8 Å². The smallest absolute Gasteiger partial charge is 0.266 e. The number of ether oxygens (including phenoxy) is 2. The third kappa shape index (κ3) is 5.46. The van der Waals surface area contributed by atoms with Crippen LogP contribution in [0.1, 0.15) is 16.7 Å². The first-order valence-electron chi connectivity index (χ1n) is 11.0. The zero-order chi connectivity index (χ0) is 24.8. The fraction of sp³-hybridized carbons (Fsp3) is 0.103. The normalized spacial score (nSPS) is 11.1. The van der Waals surface area contributed by atoms with Crippen LogP contribution in [-0.2, 0) is 11.4 Å². The van der Waals surface area contributed by atoms with Crippen LogP contribution in [0.2, 0.25) is 5.02 Å². The van der Waals surface area contributed by atoms with Gasteiger partial charge >= 0.3 is 0 Å². The van der Waals surface area contributed by atoms with Gasteiger partial charge in [-0.25, -0.2) is 0 Å². The highest BCUT2D eigenvalue weighted by atomic mass is 35.5. The minimum absolute atomic E-state index is 0.0455. The van der Waals surface area contributed by atoms with Gasteiger partial charge in [0.15, 0.2) is 11.5 Å². The Bertz CT molecular complexity index is 1470. The van der Waals surface area contributed by atoms with Crippen LogP contribution in [0.4, 0.5) is 5.69 Å². The van der Waals surface area contributed by atoms with E-state index in [4.69, 9.17) is 21.1 Å². The van der Waals surface area contributed by atoms with E-state index in [1.54, 1.807) is 50.4 Å². The third-order valence-corrected chi connectivity index (χ3v) is 6.05. The summed E-state index contributed by atoms with van der Waals surface area (Å²) in [4.78, 5) is 12.7. The van der Waals surface area contributed by atoms with Crippen LogP contribution in [0, 0.1) is 18.3 Å². The van der Waals surface area contributed by atoms with Crippen LogP contribution >= 0.6 is 11.6 Å². The van der Waals surface area contributed by atoms with E-state index in [2.05, 4.69) is 23.5 Å². The van der Waals surface area contributed by atoms with Gasteiger partial charge in [-0.15, -0.1) is 0 Å². The molecule has 0 saturated heterocycles. The van der Waals surface area contributed by atoms with E-state index in [1.807, 2.05) is 30.3 Å². The van der Waals surface area contributed by atoms with Gasteiger partial charge in [0.2, 0.25) is 0 Å². The second-order valence-electron chi connectivity index (χ2n) is 7.87. The Morgan fingerprint density at radius 2 is 1.80 bits per heavy atom. The summed E-state index contributed by atoms with van der Waals surface area (Å²) in [6.07, 6.45) is 1.51. The van der Waals surface area contributed by atoms with Crippen molar-refractivity contribution in [2.75, 3.05) is 12.4 Å². The number of nitrogens with zero attached hydrogens (tertiary/aromatic N) is 1. The molecule has 0 bridgehead atoms. The average molecular weight is 483 g/mol. The molecule has 0 spiro atoms. The highest BCUT2D eigenvalue weighted by Crippen LogP contribution is 2.31. The molecule has 5 nitrogen and oxygen atoms in total. The van der Waals surface area contributed by atoms with Crippen LogP contribution in [0.25, 0.3) is 16.8 Å². The average Bonchev–Trinajstić information content (AvgIpc) is 2.88. The highest BCUT2D eigenvalue weighted by Gasteiger charge is 2.13. The quantitative estimate of drug-likeness (QED) is 0.229. The lowest BCUT2D eigenvalue weighted by Crippen LogP contribution is -2.14. The fourth-order valence-electron chi connectivity index (χ4n) is 3.71. The van der Waals surface area contributed by atoms with Crippen molar-refractivity contribution in [3.63, 3.8) is 0 Å². The minimum atomic E-state index is -0.520. The van der Waals surface area contributed by atoms with E-state index >= 15 is 0 Å². The van der Waals surface area contributed by atoms with E-state index in [1.165, 1.54) is 6.08 Å². The summed E-state index contributed by atoms with van der Waals surface area (Å²) in [5.74, 6) is 0.547. The predicted octanol–water partition coefficient (Wildman–Crippen LogP) is 6.93. The van der Waals surface area contributed by atoms with Gasteiger partial charge in [0, 0.05) is 10.7 Å². The Labute approximate surface area is 209 Å². The lowest BCUT2D eigenvalue weighted by molar-refractivity contribution is -0.112. The molecule has 0 aliphatic carbocycles. The van der Waals surface area contributed by atoms with Gasteiger partial charge in [0.25, 0.3) is 5.91 Å². The number of anilines is 1. The summed E-state index contributed by atoms with van der Waals surface area (Å²) in [5, 5.41) is 15.1. The number of carbonyl (C=O) groups excluding carboxylic acids is 1. The predicted molar refractivity (Wildman–Crippen MR) is 140 cm³/mol. The summed E-state index contributed by atoms with van der Waals surface area (Å²) >= 11 is 6.13. The number of benzene rings is 4. The maximum absolute atomic E-state index is 12.7. The van der Waals surface area contributed by atoms with Crippen molar-refractivity contribution in [3.05, 3.63) is 106 Å². The summed E-state index contributed by atoms with van der Waals surface area (Å²) in [5.41, 5.74) is 2.94. The number of halogens is 1. The van der Waals surface area contributed by atoms with Gasteiger partial charge in [0.1, 0.15) is 18.2 Å². The minimum Gasteiger partial charge on any atom is -0.493 e. The van der Waals surface area contributed by atoms with Crippen molar-refractivity contribution in [3.8, 4) is 17.6 Å². The number of fused-ring (bicyclic) bond motifs is 1. The van der Waals surface area contributed by atoms with Crippen LogP contribution in [0.15, 0.2) is 84.4 Å². The van der Waals surface area contributed by atoms with Crippen molar-refractivity contribution in [1.82, 2.24) is 0 Å². The summed E-state index contributed by atoms with van der Waals surface area (Å²) in [6.45, 7) is 2.17. The Kier molecular flexibility index (Phi) is 7.35. The molecule has 0 radical (unpaired) electrons. The third-order valence-electron chi connectivity index (χ3n) is 5.64. The molecule has 1 N–H and O–H groups in total. The van der Waals surface area contributed by atoms with Crippen LogP contribution in [-0.4, -0.2) is 13.0 Å². The first kappa shape index (κ1) is 23.9. The molecule has 0 saturated carbocycles. The molecule has 0 atom stereocenters. The molecule has 0 heterocycles. The Balaban J connectivity index is 1.53. The van der Waals surface area contributed by atoms with E-state index in [9.17, 15) is 10.1 Å². The summed E-state index contributed by atoms with van der Waals surface area (Å²) in [7, 11) is 1.55. The molecule has 6 heteroatoms. The molecule has 35 heavy (non-hydrogen) atoms. The molecule has 0 fully saturated rings. The topological polar surface area (TPSA) is 71.3 Å². The van der Waals surface area contributed by atoms with E-state index in [0.29, 0.717) is 34.4 Å². The molecule has 0 aliphatic rings. The first-order chi connectivity index (χ1) is 17.0. The largest absolute Gasteiger partial charge is 0.493 e. The van der Waals surface area contributed by atoms with Crippen molar-refractivity contribution < 1.29 is 14.3 Å². The Morgan fingerprint density at radius 1 is 1.03 bits per heavy atom. The monoisotopic (exact) mass is 482 g/mol. The Hall–Kier alpha value is -4.27. The number of nitrogens with one attached hydrogen (secondary N) is 1. The van der Waals surface area contributed by atoms with E-state index in [-0.39, 0.29) is 5.57 Å². The number of methoxy groups -OCH3 is 1. The molecule has 0 aromatic heterocycles. The molecule has 4 rings (SSSR count). The number of hydrogen-bond acceptors (Lipinski definition) is 4. The molecule has 4 aromatic rings. The molecular weight excluding hydrogens is 460 g/mol. The van der Waals surface area contributed by atoms with Crippen LogP contribution in [0.3, 0.4) is 0 Å². The number of nitriles is 1. The molecule has 4 aromatic carbocycles. The van der Waals surface area contributed by atoms with Crippen molar-refractivity contribution in [1.29, 1.82) is 5.26 Å². The molecule has 0 unspecified atom stereocenters. The first-order valence-corrected chi connectivity index (χ1v) is 11.3. The summed E-state index contributed by atoms with van der Waals surface area (Å²) < 4.78 is 11.6. The number of amides is 1. The second kappa shape index (κ2) is 10.8. The number of rotatable bonds is 7. The van der Waals surface area contributed by atoms with Gasteiger partial charge in [-0.1, -0.05) is 66.2 Å². The van der Waals surface area contributed by atoms with Crippen molar-refractivity contribution in [2.45, 2.75) is 13.5 Å². The Morgan fingerprint density at radius 3 is 2.60 bits per heavy atom. The maximum Gasteiger partial charge on any atom is 0.266 e. The molecular formula is C29H23ClN2O3. The second-order valence-corrected chi connectivity index (χ2v) is 8.28. The van der Waals surface area contributed by atoms with Gasteiger partial charge in [-0.3, -0.25) is 4.79 Å². The van der Waals surface area contributed by atoms with Gasteiger partial charge in [0.05, 0.1) is 7.11 Å². The van der Waals surface area contributed by atoms with E-state index in [0.717, 1.165) is 21.9 Å². The van der Waals surface area contributed by atoms with Gasteiger partial charge in [-0.2, -0.15) is 5.26 Å². The zero-order valence-electron chi connectivity index (χ0n) is 19.3.